The number of nitrogens with zero attached hydrogens (tertiary/aromatic N) is 2. The summed E-state index contributed by atoms with van der Waals surface area (Å²) >= 11 is 12.0. The Morgan fingerprint density at radius 3 is 2.59 bits per heavy atom. The second-order valence-electron chi connectivity index (χ2n) is 5.55. The number of hydrogen-bond acceptors (Lipinski definition) is 2. The van der Waals surface area contributed by atoms with Crippen LogP contribution < -0.4 is 5.32 Å². The zero-order valence-electron chi connectivity index (χ0n) is 12.9. The van der Waals surface area contributed by atoms with Crippen molar-refractivity contribution in [3.05, 3.63) is 33.8 Å². The molecule has 1 saturated heterocycles. The van der Waals surface area contributed by atoms with Gasteiger partial charge in [-0.25, -0.2) is 4.79 Å². The second kappa shape index (κ2) is 8.61. The number of carbonyl (C=O) groups excluding carboxylic acids is 1. The van der Waals surface area contributed by atoms with Gasteiger partial charge in [-0.05, 0) is 37.1 Å². The van der Waals surface area contributed by atoms with Crippen LogP contribution in [0.25, 0.3) is 0 Å². The lowest BCUT2D eigenvalue weighted by Crippen LogP contribution is -2.52. The lowest BCUT2D eigenvalue weighted by Gasteiger charge is -2.34. The minimum absolute atomic E-state index is 0.0150. The van der Waals surface area contributed by atoms with Crippen LogP contribution in [0.4, 0.5) is 4.79 Å². The summed E-state index contributed by atoms with van der Waals surface area (Å²) in [7, 11) is 0. The molecule has 0 radical (unpaired) electrons. The Morgan fingerprint density at radius 1 is 1.23 bits per heavy atom. The van der Waals surface area contributed by atoms with Gasteiger partial charge in [0.05, 0.1) is 0 Å². The van der Waals surface area contributed by atoms with Crippen molar-refractivity contribution in [2.45, 2.75) is 19.8 Å². The molecule has 2 rings (SSSR count). The molecule has 0 atom stereocenters. The van der Waals surface area contributed by atoms with Gasteiger partial charge in [-0.3, -0.25) is 4.90 Å². The normalized spacial score (nSPS) is 15.9. The predicted molar refractivity (Wildman–Crippen MR) is 91.9 cm³/mol. The number of hydrogen-bond donors (Lipinski definition) is 1. The summed E-state index contributed by atoms with van der Waals surface area (Å²) in [6.45, 7) is 7.40. The van der Waals surface area contributed by atoms with E-state index in [1.165, 1.54) is 0 Å². The van der Waals surface area contributed by atoms with E-state index in [9.17, 15) is 4.79 Å². The summed E-state index contributed by atoms with van der Waals surface area (Å²) in [5, 5.41) is 4.24. The molecule has 22 heavy (non-hydrogen) atoms. The number of urea groups is 1. The van der Waals surface area contributed by atoms with Crippen LogP contribution in [0, 0.1) is 0 Å². The number of amides is 2. The molecule has 1 aliphatic rings. The fourth-order valence-electron chi connectivity index (χ4n) is 2.63. The number of halogens is 2. The second-order valence-corrected chi connectivity index (χ2v) is 6.39. The molecule has 4 nitrogen and oxygen atoms in total. The highest BCUT2D eigenvalue weighted by Crippen LogP contribution is 2.21. The van der Waals surface area contributed by atoms with E-state index in [2.05, 4.69) is 17.1 Å². The SMILES string of the molecule is CCCN1CCN(C(=O)NCCc2ccc(Cl)cc2Cl)CC1. The molecule has 0 saturated carbocycles. The van der Waals surface area contributed by atoms with Crippen LogP contribution >= 0.6 is 23.2 Å². The van der Waals surface area contributed by atoms with E-state index >= 15 is 0 Å². The molecular weight excluding hydrogens is 321 g/mol. The van der Waals surface area contributed by atoms with Gasteiger partial charge >= 0.3 is 6.03 Å². The van der Waals surface area contributed by atoms with Crippen LogP contribution in [0.1, 0.15) is 18.9 Å². The Labute approximate surface area is 142 Å². The summed E-state index contributed by atoms with van der Waals surface area (Å²) in [4.78, 5) is 16.4. The van der Waals surface area contributed by atoms with Crippen molar-refractivity contribution in [3.63, 3.8) is 0 Å². The summed E-state index contributed by atoms with van der Waals surface area (Å²) in [6, 6.07) is 5.46. The van der Waals surface area contributed by atoms with Crippen LogP contribution in [0.5, 0.6) is 0 Å². The molecule has 2 amide bonds. The topological polar surface area (TPSA) is 35.6 Å². The van der Waals surface area contributed by atoms with Crippen LogP contribution in [-0.2, 0) is 6.42 Å². The molecule has 1 aromatic carbocycles. The molecule has 0 aromatic heterocycles. The minimum atomic E-state index is 0.0150. The molecule has 1 heterocycles. The van der Waals surface area contributed by atoms with Crippen molar-refractivity contribution >= 4 is 29.2 Å². The molecule has 0 aliphatic carbocycles. The highest BCUT2D eigenvalue weighted by Gasteiger charge is 2.20. The van der Waals surface area contributed by atoms with Crippen LogP contribution in [0.15, 0.2) is 18.2 Å². The molecule has 0 bridgehead atoms. The average Bonchev–Trinajstić information content (AvgIpc) is 2.50. The zero-order chi connectivity index (χ0) is 15.9. The number of rotatable bonds is 5. The summed E-state index contributed by atoms with van der Waals surface area (Å²) in [5.41, 5.74) is 0.999. The third-order valence-electron chi connectivity index (χ3n) is 3.89. The van der Waals surface area contributed by atoms with Crippen molar-refractivity contribution in [3.8, 4) is 0 Å². The van der Waals surface area contributed by atoms with E-state index in [1.54, 1.807) is 6.07 Å². The lowest BCUT2D eigenvalue weighted by molar-refractivity contribution is 0.139. The van der Waals surface area contributed by atoms with E-state index in [0.717, 1.165) is 44.7 Å². The summed E-state index contributed by atoms with van der Waals surface area (Å²) in [6.07, 6.45) is 1.87. The van der Waals surface area contributed by atoms with E-state index in [4.69, 9.17) is 23.2 Å². The number of nitrogens with one attached hydrogen (secondary N) is 1. The van der Waals surface area contributed by atoms with Gasteiger partial charge in [0.2, 0.25) is 0 Å². The smallest absolute Gasteiger partial charge is 0.317 e. The zero-order valence-corrected chi connectivity index (χ0v) is 14.5. The first-order chi connectivity index (χ1) is 10.6. The maximum absolute atomic E-state index is 12.1. The van der Waals surface area contributed by atoms with Gasteiger partial charge < -0.3 is 10.2 Å². The first-order valence-corrected chi connectivity index (χ1v) is 8.55. The Bertz CT molecular complexity index is 502. The molecule has 1 aromatic rings. The standard InChI is InChI=1S/C16H23Cl2N3O/c1-2-7-20-8-10-21(11-9-20)16(22)19-6-5-13-3-4-14(17)12-15(13)18/h3-4,12H,2,5-11H2,1H3,(H,19,22). The van der Waals surface area contributed by atoms with Gasteiger partial charge in [-0.2, -0.15) is 0 Å². The Morgan fingerprint density at radius 2 is 1.95 bits per heavy atom. The van der Waals surface area contributed by atoms with E-state index in [1.807, 2.05) is 17.0 Å². The third-order valence-corrected chi connectivity index (χ3v) is 4.47. The van der Waals surface area contributed by atoms with Crippen LogP contribution in [-0.4, -0.2) is 55.1 Å². The Kier molecular flexibility index (Phi) is 6.80. The van der Waals surface area contributed by atoms with E-state index in [-0.39, 0.29) is 6.03 Å². The number of carbonyl (C=O) groups is 1. The first-order valence-electron chi connectivity index (χ1n) is 7.79. The van der Waals surface area contributed by atoms with Gasteiger partial charge in [0, 0.05) is 42.8 Å². The van der Waals surface area contributed by atoms with Gasteiger partial charge in [-0.1, -0.05) is 36.2 Å². The van der Waals surface area contributed by atoms with Crippen molar-refractivity contribution in [1.29, 1.82) is 0 Å². The summed E-state index contributed by atoms with van der Waals surface area (Å²) < 4.78 is 0. The van der Waals surface area contributed by atoms with E-state index in [0.29, 0.717) is 23.0 Å². The quantitative estimate of drug-likeness (QED) is 0.890. The van der Waals surface area contributed by atoms with E-state index < -0.39 is 0 Å². The fourth-order valence-corrected chi connectivity index (χ4v) is 3.13. The van der Waals surface area contributed by atoms with Crippen molar-refractivity contribution in [1.82, 2.24) is 15.1 Å². The van der Waals surface area contributed by atoms with Crippen LogP contribution in [0.2, 0.25) is 10.0 Å². The molecule has 0 unspecified atom stereocenters. The Hall–Kier alpha value is -0.970. The van der Waals surface area contributed by atoms with Crippen molar-refractivity contribution in [2.24, 2.45) is 0 Å². The third kappa shape index (κ3) is 5.04. The minimum Gasteiger partial charge on any atom is -0.338 e. The first kappa shape index (κ1) is 17.4. The van der Waals surface area contributed by atoms with Crippen molar-refractivity contribution < 1.29 is 4.79 Å². The van der Waals surface area contributed by atoms with Gasteiger partial charge in [0.1, 0.15) is 0 Å². The lowest BCUT2D eigenvalue weighted by atomic mass is 10.1. The van der Waals surface area contributed by atoms with Crippen LogP contribution in [0.3, 0.4) is 0 Å². The Balaban J connectivity index is 1.72. The molecule has 122 valence electrons. The highest BCUT2D eigenvalue weighted by atomic mass is 35.5. The fraction of sp³-hybridized carbons (Fsp3) is 0.562. The molecule has 1 aliphatic heterocycles. The van der Waals surface area contributed by atoms with Gasteiger partial charge in [-0.15, -0.1) is 0 Å². The average molecular weight is 344 g/mol. The molecule has 6 heteroatoms. The molecule has 1 fully saturated rings. The largest absolute Gasteiger partial charge is 0.338 e. The molecular formula is C16H23Cl2N3O. The highest BCUT2D eigenvalue weighted by molar-refractivity contribution is 6.35. The van der Waals surface area contributed by atoms with Crippen molar-refractivity contribution in [2.75, 3.05) is 39.3 Å². The predicted octanol–water partition coefficient (Wildman–Crippen LogP) is 3.27. The van der Waals surface area contributed by atoms with Gasteiger partial charge in [0.15, 0.2) is 0 Å². The number of piperazine rings is 1. The maximum atomic E-state index is 12.1. The summed E-state index contributed by atoms with van der Waals surface area (Å²) in [5.74, 6) is 0. The maximum Gasteiger partial charge on any atom is 0.317 e. The van der Waals surface area contributed by atoms with Gasteiger partial charge in [0.25, 0.3) is 0 Å². The monoisotopic (exact) mass is 343 g/mol. The molecule has 1 N–H and O–H groups in total. The molecule has 0 spiro atoms. The number of benzene rings is 1.